The molecule has 0 saturated carbocycles. The van der Waals surface area contributed by atoms with E-state index in [1.807, 2.05) is 45.9 Å². The summed E-state index contributed by atoms with van der Waals surface area (Å²) in [7, 11) is 1.40. The summed E-state index contributed by atoms with van der Waals surface area (Å²) in [5.74, 6) is -6.38. The van der Waals surface area contributed by atoms with Crippen LogP contribution in [0.5, 0.6) is 0 Å². The Kier molecular flexibility index (Phi) is 22.4. The van der Waals surface area contributed by atoms with Gasteiger partial charge in [-0.15, -0.1) is 0 Å². The van der Waals surface area contributed by atoms with Crippen LogP contribution in [0.25, 0.3) is 0 Å². The van der Waals surface area contributed by atoms with Gasteiger partial charge in [-0.25, -0.2) is 22.8 Å². The maximum Gasteiger partial charge on any atom is 0.410 e. The summed E-state index contributed by atoms with van der Waals surface area (Å²) < 4.78 is 67.1. The van der Waals surface area contributed by atoms with Gasteiger partial charge in [0.15, 0.2) is 0 Å². The Hall–Kier alpha value is -8.13. The van der Waals surface area contributed by atoms with E-state index in [1.165, 1.54) is 37.1 Å². The zero-order valence-electron chi connectivity index (χ0n) is 56.3. The predicted molar refractivity (Wildman–Crippen MR) is 349 cm³/mol. The standard InChI is InChI=1S/C70H91F3N10O12/c1-42-35-80(51(37-79-28-31-93-40-43(79)2)38-81(42)67(91)95-69(7,8)9)39-58(85)83-41-70(10,53-24-19-46(33-56(53)83)32-45-17-21-49(71)22-18-45)65(89)74-27-13-16-57(84)75-50-23-20-48-36-82(61(52(48)34-50)63(87)77-60-54(72)14-12-15-55(60)73)64(88)59(47-25-29-92-30-26-47)76-62(86)44(3)78(11)66(90)94-68(4,5)6/h12,14-15,17-24,33-34,42-44,47,51,59,61H,13,16,25-32,35-41H2,1-11H3,(H,74,89)(H,75,84)(H,76,86)(H,77,87)/t42-,43-,44+,51+,59+,61+,70-/m1/s1. The van der Waals surface area contributed by atoms with Gasteiger partial charge in [-0.1, -0.05) is 36.4 Å². The lowest BCUT2D eigenvalue weighted by Gasteiger charge is -2.47. The smallest absolute Gasteiger partial charge is 0.410 e. The number of ether oxygens (including phenoxy) is 4. The molecule has 3 saturated heterocycles. The second-order valence-corrected chi connectivity index (χ2v) is 27.9. The number of piperazine rings is 1. The van der Waals surface area contributed by atoms with Crippen LogP contribution in [0.1, 0.15) is 129 Å². The number of carbonyl (C=O) groups excluding carboxylic acids is 8. The van der Waals surface area contributed by atoms with Crippen molar-refractivity contribution >= 4 is 64.7 Å². The number of anilines is 3. The highest BCUT2D eigenvalue weighted by molar-refractivity contribution is 6.04. The van der Waals surface area contributed by atoms with Crippen LogP contribution in [-0.4, -0.2) is 193 Å². The molecule has 9 rings (SSSR count). The van der Waals surface area contributed by atoms with Crippen LogP contribution in [0.3, 0.4) is 0 Å². The van der Waals surface area contributed by atoms with Gasteiger partial charge in [0.2, 0.25) is 29.5 Å². The number of morpholine rings is 1. The molecular formula is C70H91F3N10O12. The molecule has 7 atom stereocenters. The third-order valence-electron chi connectivity index (χ3n) is 18.3. The summed E-state index contributed by atoms with van der Waals surface area (Å²) in [6.07, 6.45) is 0.0409. The quantitative estimate of drug-likeness (QED) is 0.0650. The molecule has 514 valence electrons. The van der Waals surface area contributed by atoms with Crippen molar-refractivity contribution in [2.24, 2.45) is 5.92 Å². The lowest BCUT2D eigenvalue weighted by atomic mass is 9.83. The highest BCUT2D eigenvalue weighted by Crippen LogP contribution is 2.43. The van der Waals surface area contributed by atoms with Crippen molar-refractivity contribution in [3.63, 3.8) is 0 Å². The van der Waals surface area contributed by atoms with Crippen LogP contribution in [0.15, 0.2) is 78.9 Å². The van der Waals surface area contributed by atoms with Gasteiger partial charge in [0, 0.05) is 102 Å². The monoisotopic (exact) mass is 1320 g/mol. The number of nitrogens with one attached hydrogen (secondary N) is 4. The first kappa shape index (κ1) is 71.2. The fourth-order valence-electron chi connectivity index (χ4n) is 13.0. The number of amides is 8. The highest BCUT2D eigenvalue weighted by Gasteiger charge is 2.49. The maximum atomic E-state index is 15.2. The minimum atomic E-state index is -1.52. The molecule has 5 heterocycles. The molecule has 3 fully saturated rings. The SMILES string of the molecule is C[C@@H]1COCCN1C[C@H]1CN(C(=O)OC(C)(C)C)[C@H](C)CN1CC(=O)N1C[C@@](C)(C(=O)NCCCC(=O)Nc2ccc3c(c2)[C@@H](C(=O)Nc2c(F)cccc2F)N(C(=O)[C@@H](NC(=O)[C@H](C)N(C)C(=O)OC(C)(C)C)C2CCOCC2)C3)c2ccc(Cc3ccc(F)cc3)cc21. The normalized spacial score (nSPS) is 21.6. The van der Waals surface area contributed by atoms with E-state index < -0.39 is 93.8 Å². The molecule has 0 unspecified atom stereocenters. The number of likely N-dealkylation sites (N-methyl/N-ethyl adjacent to an activating group) is 1. The van der Waals surface area contributed by atoms with Crippen molar-refractivity contribution in [2.75, 3.05) is 94.8 Å². The van der Waals surface area contributed by atoms with E-state index in [9.17, 15) is 33.2 Å². The summed E-state index contributed by atoms with van der Waals surface area (Å²) in [5.41, 5.74) is 0.253. The molecule has 8 amide bonds. The van der Waals surface area contributed by atoms with Gasteiger partial charge in [0.1, 0.15) is 52.5 Å². The topological polar surface area (TPSA) is 241 Å². The zero-order valence-corrected chi connectivity index (χ0v) is 56.3. The molecule has 0 aliphatic carbocycles. The Morgan fingerprint density at radius 2 is 1.46 bits per heavy atom. The Balaban J connectivity index is 0.897. The third-order valence-corrected chi connectivity index (χ3v) is 18.3. The number of halogens is 3. The fraction of sp³-hybridized carbons (Fsp3) is 0.543. The van der Waals surface area contributed by atoms with Crippen molar-refractivity contribution in [2.45, 2.75) is 161 Å². The molecule has 4 aromatic carbocycles. The van der Waals surface area contributed by atoms with Crippen molar-refractivity contribution in [3.05, 3.63) is 124 Å². The number of rotatable bonds is 19. The molecule has 0 spiro atoms. The van der Waals surface area contributed by atoms with Crippen molar-refractivity contribution < 1.29 is 70.5 Å². The molecule has 22 nitrogen and oxygen atoms in total. The number of nitrogens with zero attached hydrogens (tertiary/aromatic N) is 6. The summed E-state index contributed by atoms with van der Waals surface area (Å²) >= 11 is 0. The van der Waals surface area contributed by atoms with E-state index in [0.717, 1.165) is 34.2 Å². The molecule has 5 aliphatic heterocycles. The molecule has 0 bridgehead atoms. The van der Waals surface area contributed by atoms with E-state index >= 15 is 18.4 Å². The molecule has 4 aromatic rings. The second-order valence-electron chi connectivity index (χ2n) is 27.9. The van der Waals surface area contributed by atoms with Crippen LogP contribution in [0.4, 0.5) is 39.8 Å². The lowest BCUT2D eigenvalue weighted by molar-refractivity contribution is -0.144. The van der Waals surface area contributed by atoms with E-state index in [-0.39, 0.29) is 99.2 Å². The average Bonchev–Trinajstić information content (AvgIpc) is 1.55. The largest absolute Gasteiger partial charge is 0.444 e. The van der Waals surface area contributed by atoms with Crippen LogP contribution >= 0.6 is 0 Å². The van der Waals surface area contributed by atoms with Gasteiger partial charge < -0.3 is 54.9 Å². The summed E-state index contributed by atoms with van der Waals surface area (Å²) in [4.78, 5) is 124. The molecule has 5 aliphatic rings. The van der Waals surface area contributed by atoms with Crippen LogP contribution in [-0.2, 0) is 66.1 Å². The molecule has 25 heteroatoms. The number of para-hydroxylation sites is 1. The van der Waals surface area contributed by atoms with Gasteiger partial charge in [0.25, 0.3) is 5.91 Å². The maximum absolute atomic E-state index is 15.2. The number of fused-ring (bicyclic) bond motifs is 2. The zero-order chi connectivity index (χ0) is 68.8. The Morgan fingerprint density at radius 3 is 2.14 bits per heavy atom. The lowest BCUT2D eigenvalue weighted by Crippen LogP contribution is -2.64. The molecule has 0 aromatic heterocycles. The minimum Gasteiger partial charge on any atom is -0.444 e. The van der Waals surface area contributed by atoms with Crippen molar-refractivity contribution in [1.29, 1.82) is 0 Å². The fourth-order valence-corrected chi connectivity index (χ4v) is 13.0. The Labute approximate surface area is 553 Å². The first-order valence-electron chi connectivity index (χ1n) is 32.7. The van der Waals surface area contributed by atoms with E-state index in [4.69, 9.17) is 18.9 Å². The van der Waals surface area contributed by atoms with Crippen LogP contribution < -0.4 is 26.2 Å². The number of carbonyl (C=O) groups is 8. The first-order chi connectivity index (χ1) is 44.9. The minimum absolute atomic E-state index is 0.000826. The second kappa shape index (κ2) is 29.9. The van der Waals surface area contributed by atoms with E-state index in [0.29, 0.717) is 75.5 Å². The van der Waals surface area contributed by atoms with Gasteiger partial charge in [-0.05, 0) is 171 Å². The van der Waals surface area contributed by atoms with Gasteiger partial charge in [0.05, 0.1) is 25.2 Å². The molecular weight excluding hydrogens is 1230 g/mol. The van der Waals surface area contributed by atoms with Crippen molar-refractivity contribution in [3.8, 4) is 0 Å². The molecule has 0 radical (unpaired) electrons. The van der Waals surface area contributed by atoms with Crippen LogP contribution in [0, 0.1) is 23.4 Å². The van der Waals surface area contributed by atoms with E-state index in [2.05, 4.69) is 38.0 Å². The Morgan fingerprint density at radius 1 is 0.779 bits per heavy atom. The first-order valence-corrected chi connectivity index (χ1v) is 32.7. The van der Waals surface area contributed by atoms with Crippen molar-refractivity contribution in [1.82, 2.24) is 35.1 Å². The van der Waals surface area contributed by atoms with E-state index in [1.54, 1.807) is 61.8 Å². The summed E-state index contributed by atoms with van der Waals surface area (Å²) in [6, 6.07) is 15.3. The number of benzene rings is 4. The molecule has 95 heavy (non-hydrogen) atoms. The summed E-state index contributed by atoms with van der Waals surface area (Å²) in [6.45, 7) is 21.3. The average molecular weight is 1320 g/mol. The van der Waals surface area contributed by atoms with Crippen LogP contribution in [0.2, 0.25) is 0 Å². The Bertz CT molecular complexity index is 3480. The third kappa shape index (κ3) is 17.3. The van der Waals surface area contributed by atoms with Gasteiger partial charge in [-0.3, -0.25) is 43.5 Å². The summed E-state index contributed by atoms with van der Waals surface area (Å²) in [5, 5.41) is 11.1. The highest BCUT2D eigenvalue weighted by atomic mass is 19.1. The van der Waals surface area contributed by atoms with Gasteiger partial charge in [-0.2, -0.15) is 0 Å². The predicted octanol–water partition coefficient (Wildman–Crippen LogP) is 8.05. The number of hydrogen-bond acceptors (Lipinski definition) is 14. The van der Waals surface area contributed by atoms with Gasteiger partial charge >= 0.3 is 12.2 Å². The molecule has 4 N–H and O–H groups in total. The number of hydrogen-bond donors (Lipinski definition) is 4.